The van der Waals surface area contributed by atoms with Crippen molar-refractivity contribution in [3.8, 4) is 0 Å². The van der Waals surface area contributed by atoms with Crippen LogP contribution in [0.2, 0.25) is 0 Å². The topological polar surface area (TPSA) is 92.7 Å². The van der Waals surface area contributed by atoms with Crippen molar-refractivity contribution in [1.29, 1.82) is 0 Å². The number of carboxylic acids is 1. The Balaban J connectivity index is 2.92. The third kappa shape index (κ3) is 5.07. The van der Waals surface area contributed by atoms with Gasteiger partial charge in [0.15, 0.2) is 0 Å². The first kappa shape index (κ1) is 18.0. The van der Waals surface area contributed by atoms with E-state index in [1.165, 1.54) is 23.9 Å². The normalized spacial score (nSPS) is 11.5. The van der Waals surface area contributed by atoms with Crippen molar-refractivity contribution in [2.45, 2.75) is 19.4 Å². The Morgan fingerprint density at radius 1 is 1.27 bits per heavy atom. The SMILES string of the molecule is CCOC(=O)c1ccccc1C(=O)N[C@@H](CCSC)C(=O)O. The number of ether oxygens (including phenoxy) is 1. The summed E-state index contributed by atoms with van der Waals surface area (Å²) < 4.78 is 4.90. The van der Waals surface area contributed by atoms with Gasteiger partial charge in [-0.25, -0.2) is 9.59 Å². The van der Waals surface area contributed by atoms with Crippen LogP contribution in [0, 0.1) is 0 Å². The Bertz CT molecular complexity index is 546. The summed E-state index contributed by atoms with van der Waals surface area (Å²) in [5, 5.41) is 11.6. The van der Waals surface area contributed by atoms with Crippen LogP contribution in [0.3, 0.4) is 0 Å². The molecule has 1 atom stereocenters. The quantitative estimate of drug-likeness (QED) is 0.708. The minimum atomic E-state index is -1.10. The van der Waals surface area contributed by atoms with Gasteiger partial charge in [-0.05, 0) is 37.5 Å². The molecule has 0 unspecified atom stereocenters. The molecule has 0 bridgehead atoms. The van der Waals surface area contributed by atoms with Crippen molar-refractivity contribution in [2.24, 2.45) is 0 Å². The van der Waals surface area contributed by atoms with E-state index in [9.17, 15) is 14.4 Å². The van der Waals surface area contributed by atoms with E-state index in [1.54, 1.807) is 19.1 Å². The second kappa shape index (κ2) is 9.09. The maximum absolute atomic E-state index is 12.3. The number of esters is 1. The molecule has 0 fully saturated rings. The number of carbonyl (C=O) groups excluding carboxylic acids is 2. The molecule has 0 saturated carbocycles. The van der Waals surface area contributed by atoms with Crippen LogP contribution in [0.5, 0.6) is 0 Å². The molecule has 0 aliphatic rings. The van der Waals surface area contributed by atoms with Crippen molar-refractivity contribution >= 4 is 29.6 Å². The number of aliphatic carboxylic acids is 1. The third-order valence-electron chi connectivity index (χ3n) is 2.88. The van der Waals surface area contributed by atoms with E-state index in [0.717, 1.165) is 0 Å². The highest BCUT2D eigenvalue weighted by Crippen LogP contribution is 2.11. The molecule has 0 aliphatic carbocycles. The molecule has 0 radical (unpaired) electrons. The molecule has 0 saturated heterocycles. The lowest BCUT2D eigenvalue weighted by Gasteiger charge is -2.15. The van der Waals surface area contributed by atoms with Gasteiger partial charge in [-0.3, -0.25) is 4.79 Å². The number of benzene rings is 1. The van der Waals surface area contributed by atoms with Gasteiger partial charge in [0.1, 0.15) is 6.04 Å². The lowest BCUT2D eigenvalue weighted by atomic mass is 10.1. The highest BCUT2D eigenvalue weighted by molar-refractivity contribution is 7.98. The van der Waals surface area contributed by atoms with Gasteiger partial charge in [0.2, 0.25) is 0 Å². The zero-order valence-electron chi connectivity index (χ0n) is 12.5. The molecule has 1 aromatic carbocycles. The van der Waals surface area contributed by atoms with Gasteiger partial charge in [0.05, 0.1) is 17.7 Å². The summed E-state index contributed by atoms with van der Waals surface area (Å²) in [7, 11) is 0. The summed E-state index contributed by atoms with van der Waals surface area (Å²) in [6.45, 7) is 1.86. The summed E-state index contributed by atoms with van der Waals surface area (Å²) in [4.78, 5) is 35.3. The standard InChI is InChI=1S/C15H19NO5S/c1-3-21-15(20)11-7-5-4-6-10(11)13(17)16-12(14(18)19)8-9-22-2/h4-7,12H,3,8-9H2,1-2H3,(H,16,17)(H,18,19)/t12-/m0/s1. The van der Waals surface area contributed by atoms with Gasteiger partial charge in [-0.2, -0.15) is 11.8 Å². The average Bonchev–Trinajstić information content (AvgIpc) is 2.51. The average molecular weight is 325 g/mol. The molecule has 7 heteroatoms. The first-order chi connectivity index (χ1) is 10.5. The first-order valence-electron chi connectivity index (χ1n) is 6.80. The number of rotatable bonds is 8. The van der Waals surface area contributed by atoms with E-state index in [-0.39, 0.29) is 17.7 Å². The Kier molecular flexibility index (Phi) is 7.45. The van der Waals surface area contributed by atoms with Crippen LogP contribution in [0.1, 0.15) is 34.1 Å². The van der Waals surface area contributed by atoms with Crippen LogP contribution in [-0.2, 0) is 9.53 Å². The van der Waals surface area contributed by atoms with E-state index >= 15 is 0 Å². The molecule has 0 heterocycles. The predicted octanol–water partition coefficient (Wildman–Crippen LogP) is 1.80. The monoisotopic (exact) mass is 325 g/mol. The van der Waals surface area contributed by atoms with E-state index in [0.29, 0.717) is 12.2 Å². The zero-order valence-corrected chi connectivity index (χ0v) is 13.3. The lowest BCUT2D eigenvalue weighted by molar-refractivity contribution is -0.139. The molecule has 6 nitrogen and oxygen atoms in total. The smallest absolute Gasteiger partial charge is 0.338 e. The maximum Gasteiger partial charge on any atom is 0.338 e. The van der Waals surface area contributed by atoms with Crippen LogP contribution in [-0.4, -0.2) is 47.6 Å². The summed E-state index contributed by atoms with van der Waals surface area (Å²) >= 11 is 1.50. The zero-order chi connectivity index (χ0) is 16.5. The fraction of sp³-hybridized carbons (Fsp3) is 0.400. The van der Waals surface area contributed by atoms with Gasteiger partial charge in [0.25, 0.3) is 5.91 Å². The van der Waals surface area contributed by atoms with Gasteiger partial charge in [-0.15, -0.1) is 0 Å². The molecule has 0 spiro atoms. The van der Waals surface area contributed by atoms with Crippen LogP contribution >= 0.6 is 11.8 Å². The first-order valence-corrected chi connectivity index (χ1v) is 8.19. The number of amides is 1. The van der Waals surface area contributed by atoms with Crippen molar-refractivity contribution in [3.05, 3.63) is 35.4 Å². The van der Waals surface area contributed by atoms with Crippen molar-refractivity contribution in [2.75, 3.05) is 18.6 Å². The van der Waals surface area contributed by atoms with E-state index in [2.05, 4.69) is 5.32 Å². The highest BCUT2D eigenvalue weighted by Gasteiger charge is 2.23. The van der Waals surface area contributed by atoms with Crippen LogP contribution < -0.4 is 5.32 Å². The van der Waals surface area contributed by atoms with Crippen molar-refractivity contribution < 1.29 is 24.2 Å². The number of hydrogen-bond acceptors (Lipinski definition) is 5. The van der Waals surface area contributed by atoms with Crippen LogP contribution in [0.15, 0.2) is 24.3 Å². The van der Waals surface area contributed by atoms with Crippen LogP contribution in [0.25, 0.3) is 0 Å². The van der Waals surface area contributed by atoms with Crippen molar-refractivity contribution in [1.82, 2.24) is 5.32 Å². The maximum atomic E-state index is 12.3. The third-order valence-corrected chi connectivity index (χ3v) is 3.53. The molecular weight excluding hydrogens is 306 g/mol. The largest absolute Gasteiger partial charge is 0.480 e. The molecule has 120 valence electrons. The number of hydrogen-bond donors (Lipinski definition) is 2. The van der Waals surface area contributed by atoms with Gasteiger partial charge < -0.3 is 15.2 Å². The number of carbonyl (C=O) groups is 3. The molecule has 22 heavy (non-hydrogen) atoms. The summed E-state index contributed by atoms with van der Waals surface area (Å²) in [5.74, 6) is -1.70. The Morgan fingerprint density at radius 3 is 2.45 bits per heavy atom. The van der Waals surface area contributed by atoms with Crippen molar-refractivity contribution in [3.63, 3.8) is 0 Å². The van der Waals surface area contributed by atoms with Gasteiger partial charge in [0, 0.05) is 0 Å². The second-order valence-electron chi connectivity index (χ2n) is 4.41. The Hall–Kier alpha value is -2.02. The summed E-state index contributed by atoms with van der Waals surface area (Å²) in [6.07, 6.45) is 2.17. The van der Waals surface area contributed by atoms with Crippen LogP contribution in [0.4, 0.5) is 0 Å². The van der Waals surface area contributed by atoms with E-state index in [4.69, 9.17) is 9.84 Å². The molecule has 1 amide bonds. The molecule has 1 rings (SSSR count). The molecule has 2 N–H and O–H groups in total. The predicted molar refractivity (Wildman–Crippen MR) is 84.3 cm³/mol. The van der Waals surface area contributed by atoms with E-state index < -0.39 is 23.9 Å². The molecule has 1 aromatic rings. The van der Waals surface area contributed by atoms with E-state index in [1.807, 2.05) is 6.26 Å². The Morgan fingerprint density at radius 2 is 1.91 bits per heavy atom. The highest BCUT2D eigenvalue weighted by atomic mass is 32.2. The second-order valence-corrected chi connectivity index (χ2v) is 5.40. The van der Waals surface area contributed by atoms with Gasteiger partial charge >= 0.3 is 11.9 Å². The number of thioether (sulfide) groups is 1. The fourth-order valence-corrected chi connectivity index (χ4v) is 2.27. The fourth-order valence-electron chi connectivity index (χ4n) is 1.80. The Labute approximate surface area is 133 Å². The molecular formula is C15H19NO5S. The molecule has 0 aliphatic heterocycles. The molecule has 0 aromatic heterocycles. The lowest BCUT2D eigenvalue weighted by Crippen LogP contribution is -2.41. The van der Waals surface area contributed by atoms with Gasteiger partial charge in [-0.1, -0.05) is 12.1 Å². The minimum absolute atomic E-state index is 0.108. The summed E-state index contributed by atoms with van der Waals surface area (Å²) in [5.41, 5.74) is 0.229. The number of carboxylic acid groups (broad SMARTS) is 1. The minimum Gasteiger partial charge on any atom is -0.480 e. The number of nitrogens with one attached hydrogen (secondary N) is 1. The summed E-state index contributed by atoms with van der Waals surface area (Å²) in [6, 6.07) is 5.18.